The van der Waals surface area contributed by atoms with E-state index in [1.807, 2.05) is 6.92 Å². The molecule has 5 heteroatoms. The van der Waals surface area contributed by atoms with Crippen LogP contribution in [0.5, 0.6) is 0 Å². The van der Waals surface area contributed by atoms with Gasteiger partial charge in [-0.3, -0.25) is 0 Å². The van der Waals surface area contributed by atoms with Crippen LogP contribution in [0.4, 0.5) is 0 Å². The van der Waals surface area contributed by atoms with Crippen LogP contribution >= 0.6 is 27.3 Å². The third-order valence-corrected chi connectivity index (χ3v) is 5.60. The number of hydrogen-bond acceptors (Lipinski definition) is 4. The quantitative estimate of drug-likeness (QED) is 0.635. The molecule has 0 radical (unpaired) electrons. The number of rotatable bonds is 3. The highest BCUT2D eigenvalue weighted by atomic mass is 79.9. The molecule has 1 aliphatic carbocycles. The molecule has 0 N–H and O–H groups in total. The first-order valence-electron chi connectivity index (χ1n) is 5.24. The maximum absolute atomic E-state index is 11.5. The molecule has 1 heterocycles. The van der Waals surface area contributed by atoms with Crippen molar-refractivity contribution in [2.24, 2.45) is 11.8 Å². The van der Waals surface area contributed by atoms with Crippen LogP contribution in [-0.4, -0.2) is 18.1 Å². The Hall–Kier alpha value is -0.420. The summed E-state index contributed by atoms with van der Waals surface area (Å²) >= 11 is 5.11. The number of aryl methyl sites for hydroxylation is 1. The molecule has 0 aromatic carbocycles. The van der Waals surface area contributed by atoms with Crippen molar-refractivity contribution in [2.75, 3.05) is 7.11 Å². The Bertz CT molecular complexity index is 418. The smallest absolute Gasteiger partial charge is 0.349 e. The van der Waals surface area contributed by atoms with Crippen LogP contribution < -0.4 is 0 Å². The molecule has 0 bridgehead atoms. The first kappa shape index (κ1) is 12.0. The Morgan fingerprint density at radius 2 is 2.31 bits per heavy atom. The number of methoxy groups -OCH3 is 1. The second-order valence-electron chi connectivity index (χ2n) is 4.24. The Balaban J connectivity index is 2.20. The van der Waals surface area contributed by atoms with Crippen molar-refractivity contribution in [1.29, 1.82) is 0 Å². The van der Waals surface area contributed by atoms with Crippen LogP contribution in [0.3, 0.4) is 0 Å². The number of thiazole rings is 1. The monoisotopic (exact) mass is 303 g/mol. The summed E-state index contributed by atoms with van der Waals surface area (Å²) in [5.74, 6) is 1.14. The van der Waals surface area contributed by atoms with Gasteiger partial charge in [0, 0.05) is 0 Å². The third-order valence-electron chi connectivity index (χ3n) is 2.97. The molecule has 3 atom stereocenters. The molecular formula is C11H14BrNO2S. The minimum atomic E-state index is -0.287. The van der Waals surface area contributed by atoms with Crippen molar-refractivity contribution < 1.29 is 9.53 Å². The van der Waals surface area contributed by atoms with Crippen LogP contribution in [0.15, 0.2) is 0 Å². The van der Waals surface area contributed by atoms with Crippen molar-refractivity contribution in [3.63, 3.8) is 0 Å². The Morgan fingerprint density at radius 3 is 2.81 bits per heavy atom. The predicted molar refractivity (Wildman–Crippen MR) is 67.1 cm³/mol. The molecule has 0 spiro atoms. The Kier molecular flexibility index (Phi) is 3.35. The highest BCUT2D eigenvalue weighted by molar-refractivity contribution is 9.09. The van der Waals surface area contributed by atoms with E-state index in [0.717, 1.165) is 16.6 Å². The molecule has 88 valence electrons. The van der Waals surface area contributed by atoms with E-state index >= 15 is 0 Å². The number of esters is 1. The first-order valence-corrected chi connectivity index (χ1v) is 6.97. The number of alkyl halides is 1. The Morgan fingerprint density at radius 1 is 1.69 bits per heavy atom. The lowest BCUT2D eigenvalue weighted by Gasteiger charge is -2.03. The summed E-state index contributed by atoms with van der Waals surface area (Å²) in [6.45, 7) is 4.09. The normalized spacial score (nSPS) is 25.2. The number of aromatic nitrogens is 1. The van der Waals surface area contributed by atoms with Gasteiger partial charge in [-0.2, -0.15) is 0 Å². The van der Waals surface area contributed by atoms with E-state index in [1.165, 1.54) is 24.9 Å². The van der Waals surface area contributed by atoms with Crippen LogP contribution in [0.1, 0.15) is 38.5 Å². The number of ether oxygens (including phenoxy) is 1. The zero-order valence-corrected chi connectivity index (χ0v) is 11.9. The van der Waals surface area contributed by atoms with Crippen LogP contribution in [0.2, 0.25) is 0 Å². The SMILES string of the molecule is COC(=O)c1sc(C(Br)C2CC2C)nc1C. The second-order valence-corrected chi connectivity index (χ2v) is 6.25. The van der Waals surface area contributed by atoms with Crippen molar-refractivity contribution in [3.8, 4) is 0 Å². The molecule has 3 unspecified atom stereocenters. The number of carbonyl (C=O) groups is 1. The van der Waals surface area contributed by atoms with Gasteiger partial charge in [0.2, 0.25) is 0 Å². The van der Waals surface area contributed by atoms with E-state index in [2.05, 4.69) is 27.8 Å². The summed E-state index contributed by atoms with van der Waals surface area (Å²) in [6.07, 6.45) is 1.24. The molecule has 0 aliphatic heterocycles. The largest absolute Gasteiger partial charge is 0.465 e. The fraction of sp³-hybridized carbons (Fsp3) is 0.636. The summed E-state index contributed by atoms with van der Waals surface area (Å²) in [5, 5.41) is 0.993. The van der Waals surface area contributed by atoms with Gasteiger partial charge < -0.3 is 4.74 Å². The highest BCUT2D eigenvalue weighted by Gasteiger charge is 2.40. The molecule has 0 amide bonds. The Labute approximate surface area is 107 Å². The molecular weight excluding hydrogens is 290 g/mol. The zero-order chi connectivity index (χ0) is 11.9. The number of hydrogen-bond donors (Lipinski definition) is 0. The van der Waals surface area contributed by atoms with Gasteiger partial charge >= 0.3 is 5.97 Å². The van der Waals surface area contributed by atoms with E-state index in [9.17, 15) is 4.79 Å². The third kappa shape index (κ3) is 2.15. The minimum absolute atomic E-state index is 0.282. The van der Waals surface area contributed by atoms with Gasteiger partial charge in [-0.15, -0.1) is 11.3 Å². The van der Waals surface area contributed by atoms with E-state index in [-0.39, 0.29) is 10.8 Å². The fourth-order valence-electron chi connectivity index (χ4n) is 1.76. The van der Waals surface area contributed by atoms with Crippen molar-refractivity contribution in [2.45, 2.75) is 25.1 Å². The molecule has 1 saturated carbocycles. The summed E-state index contributed by atoms with van der Waals surface area (Å²) in [6, 6.07) is 0. The molecule has 1 aromatic rings. The lowest BCUT2D eigenvalue weighted by atomic mass is 10.2. The standard InChI is InChI=1S/C11H14BrNO2S/c1-5-4-7(5)8(12)10-13-6(2)9(16-10)11(14)15-3/h5,7-8H,4H2,1-3H3. The average Bonchev–Trinajstić information content (AvgIpc) is 2.86. The van der Waals surface area contributed by atoms with E-state index in [4.69, 9.17) is 4.74 Å². The molecule has 1 aromatic heterocycles. The second kappa shape index (κ2) is 4.45. The summed E-state index contributed by atoms with van der Waals surface area (Å²) in [7, 11) is 1.40. The topological polar surface area (TPSA) is 39.2 Å². The van der Waals surface area contributed by atoms with Crippen molar-refractivity contribution >= 4 is 33.2 Å². The van der Waals surface area contributed by atoms with Gasteiger partial charge in [0.1, 0.15) is 9.88 Å². The fourth-order valence-corrected chi connectivity index (χ4v) is 3.92. The lowest BCUT2D eigenvalue weighted by Crippen LogP contribution is -1.99. The molecule has 16 heavy (non-hydrogen) atoms. The summed E-state index contributed by atoms with van der Waals surface area (Å²) in [5.41, 5.74) is 0.768. The van der Waals surface area contributed by atoms with E-state index in [0.29, 0.717) is 10.8 Å². The molecule has 2 rings (SSSR count). The van der Waals surface area contributed by atoms with Crippen molar-refractivity contribution in [1.82, 2.24) is 4.98 Å². The van der Waals surface area contributed by atoms with Gasteiger partial charge in [-0.05, 0) is 25.2 Å². The molecule has 0 saturated heterocycles. The van der Waals surface area contributed by atoms with Crippen LogP contribution in [0, 0.1) is 18.8 Å². The van der Waals surface area contributed by atoms with Gasteiger partial charge in [0.25, 0.3) is 0 Å². The zero-order valence-electron chi connectivity index (χ0n) is 9.49. The lowest BCUT2D eigenvalue weighted by molar-refractivity contribution is 0.0605. The van der Waals surface area contributed by atoms with Gasteiger partial charge in [0.15, 0.2) is 0 Å². The summed E-state index contributed by atoms with van der Waals surface area (Å²) < 4.78 is 4.72. The summed E-state index contributed by atoms with van der Waals surface area (Å²) in [4.78, 5) is 16.8. The van der Waals surface area contributed by atoms with Gasteiger partial charge in [-0.25, -0.2) is 9.78 Å². The maximum atomic E-state index is 11.5. The number of halogens is 1. The van der Waals surface area contributed by atoms with Gasteiger partial charge in [0.05, 0.1) is 17.6 Å². The average molecular weight is 304 g/mol. The predicted octanol–water partition coefficient (Wildman–Crippen LogP) is 3.33. The minimum Gasteiger partial charge on any atom is -0.465 e. The first-order chi connectivity index (χ1) is 7.54. The number of carbonyl (C=O) groups excluding carboxylic acids is 1. The van der Waals surface area contributed by atoms with E-state index in [1.54, 1.807) is 0 Å². The van der Waals surface area contributed by atoms with E-state index < -0.39 is 0 Å². The molecule has 3 nitrogen and oxygen atoms in total. The van der Waals surface area contributed by atoms with Crippen LogP contribution in [0.25, 0.3) is 0 Å². The van der Waals surface area contributed by atoms with Crippen LogP contribution in [-0.2, 0) is 4.74 Å². The molecule has 1 fully saturated rings. The number of nitrogens with zero attached hydrogens (tertiary/aromatic N) is 1. The highest BCUT2D eigenvalue weighted by Crippen LogP contribution is 2.52. The molecule has 1 aliphatic rings. The maximum Gasteiger partial charge on any atom is 0.349 e. The van der Waals surface area contributed by atoms with Gasteiger partial charge in [-0.1, -0.05) is 22.9 Å². The van der Waals surface area contributed by atoms with Crippen molar-refractivity contribution in [3.05, 3.63) is 15.6 Å².